The molecule has 0 bridgehead atoms. The first-order valence-corrected chi connectivity index (χ1v) is 8.96. The van der Waals surface area contributed by atoms with Gasteiger partial charge in [0.1, 0.15) is 6.54 Å². The second kappa shape index (κ2) is 7.92. The highest BCUT2D eigenvalue weighted by molar-refractivity contribution is 7.08. The molecule has 1 aliphatic carbocycles. The Balaban J connectivity index is 1.47. The van der Waals surface area contributed by atoms with Crippen molar-refractivity contribution in [3.8, 4) is 0 Å². The quantitative estimate of drug-likeness (QED) is 0.791. The molecule has 1 fully saturated rings. The number of aromatic nitrogens is 2. The molecule has 0 saturated heterocycles. The molecule has 1 saturated carbocycles. The maximum absolute atomic E-state index is 12.0. The van der Waals surface area contributed by atoms with Crippen LogP contribution >= 0.6 is 11.3 Å². The van der Waals surface area contributed by atoms with Crippen molar-refractivity contribution in [2.45, 2.75) is 38.3 Å². The number of anilines is 1. The van der Waals surface area contributed by atoms with E-state index in [9.17, 15) is 9.59 Å². The van der Waals surface area contributed by atoms with Gasteiger partial charge in [0, 0.05) is 18.3 Å². The molecule has 0 unspecified atom stereocenters. The lowest BCUT2D eigenvalue weighted by atomic mass is 10.2. The summed E-state index contributed by atoms with van der Waals surface area (Å²) in [6, 6.07) is 2.24. The molecule has 2 amide bonds. The van der Waals surface area contributed by atoms with E-state index in [0.29, 0.717) is 11.7 Å². The molecule has 0 radical (unpaired) electrons. The van der Waals surface area contributed by atoms with Crippen LogP contribution in [0.25, 0.3) is 6.08 Å². The van der Waals surface area contributed by atoms with Gasteiger partial charge < -0.3 is 10.6 Å². The van der Waals surface area contributed by atoms with Gasteiger partial charge in [-0.3, -0.25) is 14.3 Å². The van der Waals surface area contributed by atoms with Crippen molar-refractivity contribution in [2.24, 2.45) is 0 Å². The topological polar surface area (TPSA) is 76.0 Å². The van der Waals surface area contributed by atoms with E-state index in [4.69, 9.17) is 0 Å². The molecule has 3 rings (SSSR count). The minimum absolute atomic E-state index is 0.0415. The third-order valence-electron chi connectivity index (χ3n) is 3.90. The van der Waals surface area contributed by atoms with Gasteiger partial charge in [0.15, 0.2) is 0 Å². The molecule has 2 aromatic heterocycles. The third-order valence-corrected chi connectivity index (χ3v) is 4.60. The normalized spacial score (nSPS) is 15.0. The van der Waals surface area contributed by atoms with Crippen LogP contribution in [0.15, 0.2) is 35.3 Å². The molecule has 0 spiro atoms. The fraction of sp³-hybridized carbons (Fsp3) is 0.353. The zero-order valence-electron chi connectivity index (χ0n) is 13.3. The van der Waals surface area contributed by atoms with Gasteiger partial charge in [0.05, 0.1) is 11.9 Å². The Bertz CT molecular complexity index is 715. The molecule has 2 heterocycles. The summed E-state index contributed by atoms with van der Waals surface area (Å²) < 4.78 is 1.53. The number of nitrogens with one attached hydrogen (secondary N) is 2. The molecule has 1 aliphatic rings. The molecule has 2 N–H and O–H groups in total. The average Bonchev–Trinajstić information content (AvgIpc) is 3.28. The van der Waals surface area contributed by atoms with Crippen LogP contribution in [0, 0.1) is 0 Å². The van der Waals surface area contributed by atoms with Crippen molar-refractivity contribution in [3.05, 3.63) is 40.9 Å². The molecule has 0 aromatic carbocycles. The van der Waals surface area contributed by atoms with Crippen LogP contribution in [-0.4, -0.2) is 27.6 Å². The highest BCUT2D eigenvalue weighted by Crippen LogP contribution is 2.17. The Morgan fingerprint density at radius 3 is 2.96 bits per heavy atom. The van der Waals surface area contributed by atoms with Crippen LogP contribution < -0.4 is 10.6 Å². The van der Waals surface area contributed by atoms with Crippen LogP contribution in [-0.2, 0) is 16.1 Å². The van der Waals surface area contributed by atoms with E-state index in [1.54, 1.807) is 29.8 Å². The Labute approximate surface area is 144 Å². The number of amides is 2. The van der Waals surface area contributed by atoms with E-state index in [2.05, 4.69) is 15.7 Å². The maximum Gasteiger partial charge on any atom is 0.248 e. The number of hydrogen-bond donors (Lipinski definition) is 2. The van der Waals surface area contributed by atoms with Crippen molar-refractivity contribution < 1.29 is 9.59 Å². The molecule has 0 aliphatic heterocycles. The van der Waals surface area contributed by atoms with Crippen LogP contribution in [0.2, 0.25) is 0 Å². The van der Waals surface area contributed by atoms with Gasteiger partial charge in [-0.25, -0.2) is 0 Å². The SMILES string of the molecule is O=C(C=Cc1ccsc1)Nc1cnn(CC(=O)NC2CCCC2)c1. The Hall–Kier alpha value is -2.41. The lowest BCUT2D eigenvalue weighted by Crippen LogP contribution is -2.35. The average molecular weight is 344 g/mol. The minimum Gasteiger partial charge on any atom is -0.352 e. The Kier molecular flexibility index (Phi) is 5.43. The maximum atomic E-state index is 12.0. The Morgan fingerprint density at radius 1 is 1.38 bits per heavy atom. The summed E-state index contributed by atoms with van der Waals surface area (Å²) in [6.07, 6.45) is 10.9. The molecule has 2 aromatic rings. The largest absolute Gasteiger partial charge is 0.352 e. The number of nitrogens with zero attached hydrogens (tertiary/aromatic N) is 2. The van der Waals surface area contributed by atoms with E-state index in [1.165, 1.54) is 23.6 Å². The highest BCUT2D eigenvalue weighted by atomic mass is 32.1. The second-order valence-electron chi connectivity index (χ2n) is 5.85. The zero-order valence-corrected chi connectivity index (χ0v) is 14.1. The van der Waals surface area contributed by atoms with Gasteiger partial charge >= 0.3 is 0 Å². The lowest BCUT2D eigenvalue weighted by Gasteiger charge is -2.11. The molecular formula is C17H20N4O2S. The second-order valence-corrected chi connectivity index (χ2v) is 6.63. The minimum atomic E-state index is -0.226. The van der Waals surface area contributed by atoms with Crippen molar-refractivity contribution in [1.29, 1.82) is 0 Å². The van der Waals surface area contributed by atoms with E-state index in [1.807, 2.05) is 16.8 Å². The Morgan fingerprint density at radius 2 is 2.21 bits per heavy atom. The predicted molar refractivity (Wildman–Crippen MR) is 94.6 cm³/mol. The summed E-state index contributed by atoms with van der Waals surface area (Å²) in [5, 5.41) is 13.8. The first-order valence-electron chi connectivity index (χ1n) is 8.02. The van der Waals surface area contributed by atoms with Gasteiger partial charge in [-0.1, -0.05) is 12.8 Å². The number of rotatable bonds is 6. The molecule has 24 heavy (non-hydrogen) atoms. The fourth-order valence-corrected chi connectivity index (χ4v) is 3.36. The van der Waals surface area contributed by atoms with E-state index in [0.717, 1.165) is 18.4 Å². The molecule has 7 heteroatoms. The van der Waals surface area contributed by atoms with Crippen molar-refractivity contribution in [3.63, 3.8) is 0 Å². The van der Waals surface area contributed by atoms with Crippen LogP contribution in [0.3, 0.4) is 0 Å². The van der Waals surface area contributed by atoms with Crippen molar-refractivity contribution in [1.82, 2.24) is 15.1 Å². The summed E-state index contributed by atoms with van der Waals surface area (Å²) in [4.78, 5) is 23.8. The van der Waals surface area contributed by atoms with E-state index in [-0.39, 0.29) is 18.4 Å². The van der Waals surface area contributed by atoms with Gasteiger partial charge in [-0.2, -0.15) is 16.4 Å². The summed E-state index contributed by atoms with van der Waals surface area (Å²) in [5.41, 5.74) is 1.57. The van der Waals surface area contributed by atoms with Gasteiger partial charge in [-0.05, 0) is 41.3 Å². The van der Waals surface area contributed by atoms with Crippen molar-refractivity contribution in [2.75, 3.05) is 5.32 Å². The monoisotopic (exact) mass is 344 g/mol. The first kappa shape index (κ1) is 16.4. The predicted octanol–water partition coefficient (Wildman–Crippen LogP) is 2.66. The number of hydrogen-bond acceptors (Lipinski definition) is 4. The smallest absolute Gasteiger partial charge is 0.248 e. The molecule has 6 nitrogen and oxygen atoms in total. The molecular weight excluding hydrogens is 324 g/mol. The number of thiophene rings is 1. The number of carbonyl (C=O) groups is 2. The van der Waals surface area contributed by atoms with E-state index < -0.39 is 0 Å². The van der Waals surface area contributed by atoms with Crippen molar-refractivity contribution >= 4 is 34.9 Å². The third kappa shape index (κ3) is 4.79. The van der Waals surface area contributed by atoms with Gasteiger partial charge in [-0.15, -0.1) is 0 Å². The van der Waals surface area contributed by atoms with Gasteiger partial charge in [0.25, 0.3) is 0 Å². The summed E-state index contributed by atoms with van der Waals surface area (Å²) in [5.74, 6) is -0.267. The zero-order chi connectivity index (χ0) is 16.8. The fourth-order valence-electron chi connectivity index (χ4n) is 2.73. The summed E-state index contributed by atoms with van der Waals surface area (Å²) in [6.45, 7) is 0.164. The lowest BCUT2D eigenvalue weighted by molar-refractivity contribution is -0.122. The summed E-state index contributed by atoms with van der Waals surface area (Å²) in [7, 11) is 0. The summed E-state index contributed by atoms with van der Waals surface area (Å²) >= 11 is 1.58. The molecule has 0 atom stereocenters. The first-order chi connectivity index (χ1) is 11.7. The van der Waals surface area contributed by atoms with Crippen LogP contribution in [0.4, 0.5) is 5.69 Å². The highest BCUT2D eigenvalue weighted by Gasteiger charge is 2.17. The van der Waals surface area contributed by atoms with Crippen LogP contribution in [0.1, 0.15) is 31.2 Å². The van der Waals surface area contributed by atoms with Crippen LogP contribution in [0.5, 0.6) is 0 Å². The van der Waals surface area contributed by atoms with E-state index >= 15 is 0 Å². The van der Waals surface area contributed by atoms with Gasteiger partial charge in [0.2, 0.25) is 11.8 Å². The number of carbonyl (C=O) groups excluding carboxylic acids is 2. The molecule has 126 valence electrons. The standard InChI is InChI=1S/C17H20N4O2S/c22-16(6-5-13-7-8-24-12-13)20-15-9-18-21(10-15)11-17(23)19-14-3-1-2-4-14/h5-10,12,14H,1-4,11H2,(H,19,23)(H,20,22).